The molecule has 0 fully saturated rings. The number of allylic oxidation sites excluding steroid dienone is 16. The lowest BCUT2D eigenvalue weighted by Gasteiger charge is -2.26. The number of carboxylic acid groups (broad SMARTS) is 1. The second kappa shape index (κ2) is 64.2. The first-order chi connectivity index (χ1) is 40.6. The van der Waals surface area contributed by atoms with Gasteiger partial charge in [-0.1, -0.05) is 291 Å². The molecular formula is C74H129NO8. The number of hydrogen-bond acceptors (Lipinski definition) is 8. The SMILES string of the molecule is CC/C=C\C/C=C\C/C=C\C/C=C\CCCCCCCCCCCCCCCCCCCCCCCCCCCCC(=O)OC(COC(=O)CCCCCCCC/C=C\C/C=C\C/C=C\C/C=C\CC)COC(OCC[N+](C)(C)C)C(=O)[O-]. The largest absolute Gasteiger partial charge is 0.545 e. The fourth-order valence-corrected chi connectivity index (χ4v) is 9.64. The van der Waals surface area contributed by atoms with Crippen LogP contribution in [-0.2, 0) is 33.3 Å². The molecule has 478 valence electrons. The molecule has 83 heavy (non-hydrogen) atoms. The molecule has 2 atom stereocenters. The van der Waals surface area contributed by atoms with E-state index < -0.39 is 24.3 Å². The van der Waals surface area contributed by atoms with Gasteiger partial charge in [-0.3, -0.25) is 9.59 Å². The van der Waals surface area contributed by atoms with Crippen LogP contribution < -0.4 is 5.11 Å². The van der Waals surface area contributed by atoms with Crippen LogP contribution in [0.2, 0.25) is 0 Å². The van der Waals surface area contributed by atoms with Crippen molar-refractivity contribution in [1.82, 2.24) is 0 Å². The summed E-state index contributed by atoms with van der Waals surface area (Å²) in [6.45, 7) is 4.53. The molecule has 0 bridgehead atoms. The van der Waals surface area contributed by atoms with Crippen molar-refractivity contribution in [2.24, 2.45) is 0 Å². The van der Waals surface area contributed by atoms with Gasteiger partial charge in [-0.25, -0.2) is 0 Å². The van der Waals surface area contributed by atoms with E-state index in [-0.39, 0.29) is 38.6 Å². The molecule has 0 aliphatic heterocycles. The minimum Gasteiger partial charge on any atom is -0.545 e. The van der Waals surface area contributed by atoms with Crippen molar-refractivity contribution in [3.05, 3.63) is 97.2 Å². The third-order valence-electron chi connectivity index (χ3n) is 14.8. The molecule has 9 heteroatoms. The number of carbonyl (C=O) groups excluding carboxylic acids is 3. The van der Waals surface area contributed by atoms with Crippen molar-refractivity contribution < 1.29 is 42.9 Å². The minimum atomic E-state index is -1.63. The van der Waals surface area contributed by atoms with Crippen molar-refractivity contribution in [2.45, 2.75) is 309 Å². The molecule has 0 aromatic heterocycles. The van der Waals surface area contributed by atoms with E-state index in [1.54, 1.807) is 0 Å². The van der Waals surface area contributed by atoms with Crippen LogP contribution in [0, 0.1) is 0 Å². The number of rotatable bonds is 63. The third kappa shape index (κ3) is 65.6. The predicted octanol–water partition coefficient (Wildman–Crippen LogP) is 19.9. The molecule has 0 spiro atoms. The summed E-state index contributed by atoms with van der Waals surface area (Å²) in [7, 11) is 5.92. The van der Waals surface area contributed by atoms with Gasteiger partial charge in [-0.15, -0.1) is 0 Å². The van der Waals surface area contributed by atoms with Crippen LogP contribution in [-0.4, -0.2) is 82.3 Å². The molecule has 0 rings (SSSR count). The number of quaternary nitrogens is 1. The summed E-state index contributed by atoms with van der Waals surface area (Å²) in [5.41, 5.74) is 0. The third-order valence-corrected chi connectivity index (χ3v) is 14.8. The maximum Gasteiger partial charge on any atom is 0.306 e. The van der Waals surface area contributed by atoms with E-state index in [2.05, 4.69) is 111 Å². The molecular weight excluding hydrogens is 1030 g/mol. The molecule has 0 N–H and O–H groups in total. The maximum absolute atomic E-state index is 12.9. The summed E-state index contributed by atoms with van der Waals surface area (Å²) >= 11 is 0. The summed E-state index contributed by atoms with van der Waals surface area (Å²) < 4.78 is 22.8. The van der Waals surface area contributed by atoms with Crippen LogP contribution in [0.15, 0.2) is 97.2 Å². The lowest BCUT2D eigenvalue weighted by molar-refractivity contribution is -0.870. The molecule has 0 aromatic rings. The number of nitrogens with zero attached hydrogens (tertiary/aromatic N) is 1. The highest BCUT2D eigenvalue weighted by atomic mass is 16.7. The number of hydrogen-bond donors (Lipinski definition) is 0. The number of aliphatic carboxylic acids is 1. The van der Waals surface area contributed by atoms with Crippen LogP contribution in [0.3, 0.4) is 0 Å². The van der Waals surface area contributed by atoms with Crippen LogP contribution in [0.5, 0.6) is 0 Å². The molecule has 0 aliphatic rings. The number of likely N-dealkylation sites (N-methyl/N-ethyl adjacent to an activating group) is 1. The number of carbonyl (C=O) groups is 3. The van der Waals surface area contributed by atoms with Gasteiger partial charge in [-0.2, -0.15) is 0 Å². The monoisotopic (exact) mass is 1160 g/mol. The quantitative estimate of drug-likeness (QED) is 0.0195. The molecule has 0 radical (unpaired) electrons. The molecule has 9 nitrogen and oxygen atoms in total. The molecule has 0 amide bonds. The van der Waals surface area contributed by atoms with Gasteiger partial charge < -0.3 is 33.3 Å². The Morgan fingerprint density at radius 2 is 0.651 bits per heavy atom. The minimum absolute atomic E-state index is 0.143. The standard InChI is InChI=1S/C74H129NO8/c1-6-8-10-12-14-16-18-20-22-24-26-27-28-29-30-31-32-33-34-35-36-37-38-39-40-41-42-43-44-45-47-49-51-53-55-57-59-61-63-65-72(77)83-70(69-82-74(73(78)79)80-67-66-75(3,4)5)68-81-71(76)64-62-60-58-56-54-52-50-48-46-25-23-21-19-17-15-13-11-9-7-2/h8-11,14-17,20-23,26-27,46,48,70,74H,6-7,12-13,18-19,24-25,28-45,47,49-69H2,1-5H3/b10-8-,11-9-,16-14-,17-15-,22-20-,23-21-,27-26-,48-46-. The van der Waals surface area contributed by atoms with E-state index in [1.807, 2.05) is 21.1 Å². The lowest BCUT2D eigenvalue weighted by atomic mass is 10.0. The first-order valence-corrected chi connectivity index (χ1v) is 34.4. The van der Waals surface area contributed by atoms with E-state index in [0.717, 1.165) is 103 Å². The first kappa shape index (κ1) is 79.2. The Labute approximate surface area is 512 Å². The van der Waals surface area contributed by atoms with Gasteiger partial charge in [0.2, 0.25) is 0 Å². The number of unbranched alkanes of at least 4 members (excludes halogenated alkanes) is 32. The van der Waals surface area contributed by atoms with Gasteiger partial charge in [0.15, 0.2) is 12.4 Å². The molecule has 2 unspecified atom stereocenters. The van der Waals surface area contributed by atoms with Crippen molar-refractivity contribution in [3.8, 4) is 0 Å². The van der Waals surface area contributed by atoms with E-state index >= 15 is 0 Å². The Morgan fingerprint density at radius 3 is 0.964 bits per heavy atom. The van der Waals surface area contributed by atoms with Gasteiger partial charge in [0, 0.05) is 12.8 Å². The first-order valence-electron chi connectivity index (χ1n) is 34.4. The van der Waals surface area contributed by atoms with Gasteiger partial charge in [0.05, 0.1) is 40.3 Å². The van der Waals surface area contributed by atoms with Gasteiger partial charge in [-0.05, 0) is 89.9 Å². The second-order valence-electron chi connectivity index (χ2n) is 24.1. The maximum atomic E-state index is 12.9. The second-order valence-corrected chi connectivity index (χ2v) is 24.1. The fraction of sp³-hybridized carbons (Fsp3) is 0.743. The van der Waals surface area contributed by atoms with Crippen LogP contribution in [0.25, 0.3) is 0 Å². The summed E-state index contributed by atoms with van der Waals surface area (Å²) in [5, 5.41) is 11.8. The van der Waals surface area contributed by atoms with Crippen LogP contribution >= 0.6 is 0 Å². The Morgan fingerprint density at radius 1 is 0.361 bits per heavy atom. The van der Waals surface area contributed by atoms with Gasteiger partial charge in [0.1, 0.15) is 13.2 Å². The Bertz CT molecular complexity index is 1680. The van der Waals surface area contributed by atoms with E-state index in [1.165, 1.54) is 161 Å². The topological polar surface area (TPSA) is 111 Å². The smallest absolute Gasteiger partial charge is 0.306 e. The highest BCUT2D eigenvalue weighted by Crippen LogP contribution is 2.18. The van der Waals surface area contributed by atoms with E-state index in [4.69, 9.17) is 18.9 Å². The Balaban J connectivity index is 4.01. The normalized spacial score (nSPS) is 13.3. The summed E-state index contributed by atoms with van der Waals surface area (Å²) in [5.74, 6) is -2.29. The van der Waals surface area contributed by atoms with Crippen molar-refractivity contribution >= 4 is 17.9 Å². The average Bonchev–Trinajstić information content (AvgIpc) is 3.46. The zero-order chi connectivity index (χ0) is 60.5. The zero-order valence-corrected chi connectivity index (χ0v) is 54.5. The average molecular weight is 1160 g/mol. The van der Waals surface area contributed by atoms with Gasteiger partial charge in [0.25, 0.3) is 0 Å². The molecule has 0 aliphatic carbocycles. The molecule has 0 saturated heterocycles. The van der Waals surface area contributed by atoms with Crippen molar-refractivity contribution in [2.75, 3.05) is 47.5 Å². The molecule has 0 heterocycles. The number of carboxylic acids is 1. The van der Waals surface area contributed by atoms with Gasteiger partial charge >= 0.3 is 11.9 Å². The van der Waals surface area contributed by atoms with Crippen LogP contribution in [0.1, 0.15) is 296 Å². The van der Waals surface area contributed by atoms with Crippen LogP contribution in [0.4, 0.5) is 0 Å². The number of esters is 2. The predicted molar refractivity (Wildman–Crippen MR) is 352 cm³/mol. The van der Waals surface area contributed by atoms with Crippen molar-refractivity contribution in [3.63, 3.8) is 0 Å². The summed E-state index contributed by atoms with van der Waals surface area (Å²) in [4.78, 5) is 37.4. The highest BCUT2D eigenvalue weighted by Gasteiger charge is 2.22. The summed E-state index contributed by atoms with van der Waals surface area (Å²) in [6, 6.07) is 0. The van der Waals surface area contributed by atoms with Crippen molar-refractivity contribution in [1.29, 1.82) is 0 Å². The Kier molecular flexibility index (Phi) is 61.3. The fourth-order valence-electron chi connectivity index (χ4n) is 9.64. The lowest BCUT2D eigenvalue weighted by Crippen LogP contribution is -2.44. The highest BCUT2D eigenvalue weighted by molar-refractivity contribution is 5.70. The van der Waals surface area contributed by atoms with E-state index in [0.29, 0.717) is 17.4 Å². The zero-order valence-electron chi connectivity index (χ0n) is 54.5. The molecule has 0 saturated carbocycles. The molecule has 0 aromatic carbocycles. The summed E-state index contributed by atoms with van der Waals surface area (Å²) in [6.07, 6.45) is 85.0. The van der Waals surface area contributed by atoms with E-state index in [9.17, 15) is 19.5 Å². The Hall–Kier alpha value is -3.79. The number of ether oxygens (including phenoxy) is 4.